The molecule has 0 aliphatic carbocycles. The third-order valence-electron chi connectivity index (χ3n) is 4.04. The largest absolute Gasteiger partial charge is 0.573 e. The van der Waals surface area contributed by atoms with E-state index in [4.69, 9.17) is 0 Å². The highest BCUT2D eigenvalue weighted by atomic mass is 19.4. The third-order valence-corrected chi connectivity index (χ3v) is 4.04. The van der Waals surface area contributed by atoms with Crippen molar-refractivity contribution in [1.82, 2.24) is 4.90 Å². The summed E-state index contributed by atoms with van der Waals surface area (Å²) >= 11 is 0. The first-order chi connectivity index (χ1) is 11.2. The van der Waals surface area contributed by atoms with E-state index >= 15 is 0 Å². The number of rotatable bonds is 3. The van der Waals surface area contributed by atoms with Crippen molar-refractivity contribution < 1.29 is 32.6 Å². The highest BCUT2D eigenvalue weighted by Gasteiger charge is 2.42. The number of carbonyl (C=O) groups excluding carboxylic acids is 2. The lowest BCUT2D eigenvalue weighted by molar-refractivity contribution is -0.274. The Hall–Kier alpha value is -2.29. The number of benzene rings is 1. The number of β-amino-alcohol motifs (C(OH)–C–C–N with tert-alkyl or cyclic N) is 1. The lowest BCUT2D eigenvalue weighted by atomic mass is 10.0. The Morgan fingerprint density at radius 2 is 2.00 bits per heavy atom. The van der Waals surface area contributed by atoms with Crippen LogP contribution in [0.1, 0.15) is 6.42 Å². The summed E-state index contributed by atoms with van der Waals surface area (Å²) in [5.74, 6) is -2.08. The summed E-state index contributed by atoms with van der Waals surface area (Å²) in [6.45, 7) is 0.649. The quantitative estimate of drug-likeness (QED) is 0.835. The molecule has 6 nitrogen and oxygen atoms in total. The van der Waals surface area contributed by atoms with Crippen LogP contribution < -0.4 is 9.64 Å². The van der Waals surface area contributed by atoms with Crippen LogP contribution in [0.25, 0.3) is 0 Å². The number of amides is 2. The molecule has 2 amide bonds. The van der Waals surface area contributed by atoms with Gasteiger partial charge in [0.1, 0.15) is 11.7 Å². The standard InChI is InChI=1S/C15H15F3N2O4/c16-15(17,18)24-11-3-1-2-9(6-11)20-5-4-12(14(20)23)13(22)19-7-10(21)8-19/h1-3,6,10,12,21H,4-5,7-8H2/t12-/m1/s1. The number of ether oxygens (including phenoxy) is 1. The summed E-state index contributed by atoms with van der Waals surface area (Å²) in [5, 5.41) is 9.23. The van der Waals surface area contributed by atoms with Crippen LogP contribution in [0.2, 0.25) is 0 Å². The average molecular weight is 344 g/mol. The Morgan fingerprint density at radius 1 is 1.29 bits per heavy atom. The molecular weight excluding hydrogens is 329 g/mol. The zero-order valence-corrected chi connectivity index (χ0v) is 12.5. The first kappa shape index (κ1) is 16.6. The van der Waals surface area contributed by atoms with Crippen molar-refractivity contribution in [2.75, 3.05) is 24.5 Å². The summed E-state index contributed by atoms with van der Waals surface area (Å²) in [5.41, 5.74) is 0.251. The van der Waals surface area contributed by atoms with Gasteiger partial charge in [-0.1, -0.05) is 6.07 Å². The predicted molar refractivity (Wildman–Crippen MR) is 76.2 cm³/mol. The molecule has 2 saturated heterocycles. The van der Waals surface area contributed by atoms with Gasteiger partial charge in [0, 0.05) is 31.4 Å². The molecule has 0 radical (unpaired) electrons. The van der Waals surface area contributed by atoms with Crippen molar-refractivity contribution in [3.05, 3.63) is 24.3 Å². The van der Waals surface area contributed by atoms with Gasteiger partial charge in [-0.15, -0.1) is 13.2 Å². The monoisotopic (exact) mass is 344 g/mol. The molecule has 2 aliphatic heterocycles. The Labute approximate surface area is 135 Å². The Balaban J connectivity index is 1.71. The van der Waals surface area contributed by atoms with Crippen LogP contribution in [-0.4, -0.2) is 53.9 Å². The maximum Gasteiger partial charge on any atom is 0.573 e. The lowest BCUT2D eigenvalue weighted by Crippen LogP contribution is -2.56. The minimum Gasteiger partial charge on any atom is -0.406 e. The molecule has 2 aliphatic rings. The molecule has 1 N–H and O–H groups in total. The molecule has 9 heteroatoms. The molecule has 0 bridgehead atoms. The minimum absolute atomic E-state index is 0.206. The van der Waals surface area contributed by atoms with Crippen molar-refractivity contribution in [3.8, 4) is 5.75 Å². The predicted octanol–water partition coefficient (Wildman–Crippen LogP) is 1.14. The van der Waals surface area contributed by atoms with Crippen LogP contribution in [0.5, 0.6) is 5.75 Å². The summed E-state index contributed by atoms with van der Waals surface area (Å²) in [7, 11) is 0. The van der Waals surface area contributed by atoms with Gasteiger partial charge in [-0.2, -0.15) is 0 Å². The number of likely N-dealkylation sites (tertiary alicyclic amines) is 1. The third kappa shape index (κ3) is 3.30. The van der Waals surface area contributed by atoms with Gasteiger partial charge < -0.3 is 19.6 Å². The van der Waals surface area contributed by atoms with Gasteiger partial charge in [0.2, 0.25) is 11.8 Å². The fraction of sp³-hybridized carbons (Fsp3) is 0.467. The fourth-order valence-corrected chi connectivity index (χ4v) is 2.87. The SMILES string of the molecule is O=C([C@H]1CCN(c2cccc(OC(F)(F)F)c2)C1=O)N1CC(O)C1. The second kappa shape index (κ2) is 5.97. The molecule has 1 aromatic carbocycles. The van der Waals surface area contributed by atoms with Gasteiger partial charge in [0.25, 0.3) is 0 Å². The smallest absolute Gasteiger partial charge is 0.406 e. The Morgan fingerprint density at radius 3 is 2.62 bits per heavy atom. The zero-order valence-electron chi connectivity index (χ0n) is 12.5. The number of aliphatic hydroxyl groups is 1. The second-order valence-corrected chi connectivity index (χ2v) is 5.77. The zero-order chi connectivity index (χ0) is 17.5. The van der Waals surface area contributed by atoms with Crippen molar-refractivity contribution in [3.63, 3.8) is 0 Å². The molecule has 1 aromatic rings. The second-order valence-electron chi connectivity index (χ2n) is 5.77. The number of hydrogen-bond acceptors (Lipinski definition) is 4. The van der Waals surface area contributed by atoms with Gasteiger partial charge in [-0.25, -0.2) is 0 Å². The molecular formula is C15H15F3N2O4. The van der Waals surface area contributed by atoms with Crippen molar-refractivity contribution >= 4 is 17.5 Å². The normalized spacial score (nSPS) is 21.8. The number of nitrogens with zero attached hydrogens (tertiary/aromatic N) is 2. The molecule has 3 rings (SSSR count). The topological polar surface area (TPSA) is 70.1 Å². The summed E-state index contributed by atoms with van der Waals surface area (Å²) in [6.07, 6.45) is -5.09. The summed E-state index contributed by atoms with van der Waals surface area (Å²) in [6, 6.07) is 5.10. The van der Waals surface area contributed by atoms with E-state index in [0.29, 0.717) is 0 Å². The van der Waals surface area contributed by atoms with Gasteiger partial charge >= 0.3 is 6.36 Å². The van der Waals surface area contributed by atoms with Gasteiger partial charge in [-0.05, 0) is 18.6 Å². The number of hydrogen-bond donors (Lipinski definition) is 1. The Kier molecular flexibility index (Phi) is 4.12. The molecule has 0 saturated carbocycles. The molecule has 24 heavy (non-hydrogen) atoms. The number of anilines is 1. The maximum atomic E-state index is 12.4. The number of alkyl halides is 3. The lowest BCUT2D eigenvalue weighted by Gasteiger charge is -2.37. The highest BCUT2D eigenvalue weighted by molar-refractivity contribution is 6.09. The molecule has 0 spiro atoms. The van der Waals surface area contributed by atoms with E-state index in [1.807, 2.05) is 0 Å². The molecule has 0 aromatic heterocycles. The first-order valence-corrected chi connectivity index (χ1v) is 7.38. The van der Waals surface area contributed by atoms with Crippen LogP contribution in [0.4, 0.5) is 18.9 Å². The number of aliphatic hydroxyl groups excluding tert-OH is 1. The summed E-state index contributed by atoms with van der Waals surface area (Å²) in [4.78, 5) is 27.3. The van der Waals surface area contributed by atoms with Crippen LogP contribution in [0.15, 0.2) is 24.3 Å². The molecule has 2 heterocycles. The van der Waals surface area contributed by atoms with Gasteiger partial charge in [0.15, 0.2) is 0 Å². The van der Waals surface area contributed by atoms with Crippen molar-refractivity contribution in [2.24, 2.45) is 5.92 Å². The van der Waals surface area contributed by atoms with E-state index in [-0.39, 0.29) is 37.6 Å². The highest BCUT2D eigenvalue weighted by Crippen LogP contribution is 2.31. The van der Waals surface area contributed by atoms with Crippen LogP contribution in [-0.2, 0) is 9.59 Å². The van der Waals surface area contributed by atoms with Crippen LogP contribution in [0, 0.1) is 5.92 Å². The first-order valence-electron chi connectivity index (χ1n) is 7.38. The van der Waals surface area contributed by atoms with E-state index in [1.165, 1.54) is 21.9 Å². The fourth-order valence-electron chi connectivity index (χ4n) is 2.87. The number of carbonyl (C=O) groups is 2. The average Bonchev–Trinajstić information content (AvgIpc) is 2.83. The van der Waals surface area contributed by atoms with Crippen molar-refractivity contribution in [1.29, 1.82) is 0 Å². The van der Waals surface area contributed by atoms with Crippen LogP contribution >= 0.6 is 0 Å². The van der Waals surface area contributed by atoms with Crippen molar-refractivity contribution in [2.45, 2.75) is 18.9 Å². The van der Waals surface area contributed by atoms with Gasteiger partial charge in [-0.3, -0.25) is 9.59 Å². The minimum atomic E-state index is -4.81. The van der Waals surface area contributed by atoms with Gasteiger partial charge in [0.05, 0.1) is 6.10 Å². The van der Waals surface area contributed by atoms with E-state index in [9.17, 15) is 27.9 Å². The molecule has 130 valence electrons. The van der Waals surface area contributed by atoms with E-state index in [2.05, 4.69) is 4.74 Å². The molecule has 2 fully saturated rings. The van der Waals surface area contributed by atoms with E-state index < -0.39 is 30.0 Å². The molecule has 1 atom stereocenters. The van der Waals surface area contributed by atoms with E-state index in [0.717, 1.165) is 12.1 Å². The van der Waals surface area contributed by atoms with E-state index in [1.54, 1.807) is 0 Å². The number of halogens is 3. The maximum absolute atomic E-state index is 12.4. The Bertz CT molecular complexity index is 658. The summed E-state index contributed by atoms with van der Waals surface area (Å²) < 4.78 is 40.7. The van der Waals surface area contributed by atoms with Crippen LogP contribution in [0.3, 0.4) is 0 Å². The molecule has 0 unspecified atom stereocenters.